The number of hydrogen-bond acceptors (Lipinski definition) is 3. The Labute approximate surface area is 134 Å². The summed E-state index contributed by atoms with van der Waals surface area (Å²) in [5.41, 5.74) is -0.701. The second-order valence-corrected chi connectivity index (χ2v) is 6.55. The Kier molecular flexibility index (Phi) is 3.53. The number of imide groups is 2. The van der Waals surface area contributed by atoms with Crippen LogP contribution in [0.2, 0.25) is 5.02 Å². The summed E-state index contributed by atoms with van der Waals surface area (Å²) in [6.45, 7) is 0. The molecule has 2 aliphatic rings. The molecule has 1 aromatic carbocycles. The molecule has 1 aliphatic carbocycles. The lowest BCUT2D eigenvalue weighted by atomic mass is 9.82. The molecular weight excluding hydrogens is 360 g/mol. The summed E-state index contributed by atoms with van der Waals surface area (Å²) < 4.78 is 0.583. The molecule has 7 heteroatoms. The zero-order valence-corrected chi connectivity index (χ0v) is 13.3. The molecule has 110 valence electrons. The Bertz CT molecular complexity index is 656. The van der Waals surface area contributed by atoms with Crippen LogP contribution in [0.4, 0.5) is 10.5 Å². The molecule has 1 spiro atoms. The van der Waals surface area contributed by atoms with Crippen molar-refractivity contribution in [3.8, 4) is 0 Å². The molecule has 21 heavy (non-hydrogen) atoms. The molecule has 4 amide bonds. The SMILES string of the molecule is O=C1NC(=O)C2(CCCC2)C(=O)N1c1ccc(Cl)c(Br)c1. The van der Waals surface area contributed by atoms with E-state index in [0.717, 1.165) is 17.7 Å². The standard InChI is InChI=1S/C14H12BrClN2O3/c15-9-7-8(3-4-10(9)16)18-12(20)14(5-1-2-6-14)11(19)17-13(18)21/h3-4,7H,1-2,5-6H2,(H,17,19,21). The second-order valence-electron chi connectivity index (χ2n) is 5.29. The van der Waals surface area contributed by atoms with Gasteiger partial charge in [-0.15, -0.1) is 0 Å². The largest absolute Gasteiger partial charge is 0.335 e. The average molecular weight is 372 g/mol. The van der Waals surface area contributed by atoms with Crippen molar-refractivity contribution in [2.45, 2.75) is 25.7 Å². The first-order valence-electron chi connectivity index (χ1n) is 6.61. The van der Waals surface area contributed by atoms with Crippen molar-refractivity contribution in [2.24, 2.45) is 5.41 Å². The maximum atomic E-state index is 12.8. The number of amides is 4. The van der Waals surface area contributed by atoms with Gasteiger partial charge in [0.15, 0.2) is 0 Å². The van der Waals surface area contributed by atoms with Gasteiger partial charge in [-0.1, -0.05) is 24.4 Å². The van der Waals surface area contributed by atoms with Gasteiger partial charge in [0.05, 0.1) is 10.7 Å². The highest BCUT2D eigenvalue weighted by molar-refractivity contribution is 9.10. The molecule has 1 aliphatic heterocycles. The molecule has 0 aromatic heterocycles. The molecule has 0 atom stereocenters. The maximum absolute atomic E-state index is 12.8. The van der Waals surface area contributed by atoms with Crippen molar-refractivity contribution in [1.82, 2.24) is 5.32 Å². The van der Waals surface area contributed by atoms with Crippen molar-refractivity contribution in [3.05, 3.63) is 27.7 Å². The van der Waals surface area contributed by atoms with Crippen LogP contribution in [-0.2, 0) is 9.59 Å². The molecule has 1 N–H and O–H groups in total. The third-order valence-corrected chi connectivity index (χ3v) is 5.30. The third kappa shape index (κ3) is 2.17. The molecule has 5 nitrogen and oxygen atoms in total. The highest BCUT2D eigenvalue weighted by Crippen LogP contribution is 2.43. The molecule has 0 bridgehead atoms. The maximum Gasteiger partial charge on any atom is 0.335 e. The number of benzene rings is 1. The van der Waals surface area contributed by atoms with Gasteiger partial charge >= 0.3 is 6.03 Å². The quantitative estimate of drug-likeness (QED) is 0.771. The second kappa shape index (κ2) is 5.10. The fourth-order valence-corrected chi connectivity index (χ4v) is 3.44. The molecule has 0 radical (unpaired) electrons. The number of nitrogens with zero attached hydrogens (tertiary/aromatic N) is 1. The Morgan fingerprint density at radius 2 is 1.86 bits per heavy atom. The Morgan fingerprint density at radius 1 is 1.19 bits per heavy atom. The fraction of sp³-hybridized carbons (Fsp3) is 0.357. The zero-order chi connectivity index (χ0) is 15.2. The smallest absolute Gasteiger partial charge is 0.276 e. The van der Waals surface area contributed by atoms with Crippen molar-refractivity contribution < 1.29 is 14.4 Å². The monoisotopic (exact) mass is 370 g/mol. The van der Waals surface area contributed by atoms with Gasteiger partial charge in [-0.3, -0.25) is 14.9 Å². The van der Waals surface area contributed by atoms with Crippen LogP contribution in [0.25, 0.3) is 0 Å². The number of carbonyl (C=O) groups excluding carboxylic acids is 3. The van der Waals surface area contributed by atoms with E-state index in [1.165, 1.54) is 0 Å². The van der Waals surface area contributed by atoms with E-state index in [9.17, 15) is 14.4 Å². The van der Waals surface area contributed by atoms with Crippen molar-refractivity contribution in [2.75, 3.05) is 4.90 Å². The Balaban J connectivity index is 2.04. The first-order chi connectivity index (χ1) is 9.95. The minimum absolute atomic E-state index is 0.396. The zero-order valence-electron chi connectivity index (χ0n) is 11.0. The van der Waals surface area contributed by atoms with Crippen molar-refractivity contribution >= 4 is 51.1 Å². The lowest BCUT2D eigenvalue weighted by Crippen LogP contribution is -2.63. The van der Waals surface area contributed by atoms with Crippen LogP contribution in [0.1, 0.15) is 25.7 Å². The van der Waals surface area contributed by atoms with Crippen LogP contribution < -0.4 is 10.2 Å². The molecule has 0 unspecified atom stereocenters. The number of anilines is 1. The lowest BCUT2D eigenvalue weighted by molar-refractivity contribution is -0.142. The van der Waals surface area contributed by atoms with E-state index < -0.39 is 23.3 Å². The van der Waals surface area contributed by atoms with Crippen LogP contribution in [-0.4, -0.2) is 17.8 Å². The number of nitrogens with one attached hydrogen (secondary N) is 1. The van der Waals surface area contributed by atoms with Crippen LogP contribution in [0.3, 0.4) is 0 Å². The fourth-order valence-electron chi connectivity index (χ4n) is 2.95. The van der Waals surface area contributed by atoms with E-state index in [0.29, 0.717) is 28.0 Å². The predicted molar refractivity (Wildman–Crippen MR) is 81.1 cm³/mol. The van der Waals surface area contributed by atoms with Crippen LogP contribution in [0, 0.1) is 5.41 Å². The summed E-state index contributed by atoms with van der Waals surface area (Å²) in [6, 6.07) is 4.07. The van der Waals surface area contributed by atoms with Gasteiger partial charge in [0.25, 0.3) is 5.91 Å². The highest BCUT2D eigenvalue weighted by atomic mass is 79.9. The van der Waals surface area contributed by atoms with Crippen molar-refractivity contribution in [1.29, 1.82) is 0 Å². The molecule has 1 heterocycles. The molecule has 3 rings (SSSR count). The highest BCUT2D eigenvalue weighted by Gasteiger charge is 2.55. The number of carbonyl (C=O) groups is 3. The minimum Gasteiger partial charge on any atom is -0.276 e. The van der Waals surface area contributed by atoms with E-state index in [1.54, 1.807) is 18.2 Å². The first-order valence-corrected chi connectivity index (χ1v) is 7.78. The van der Waals surface area contributed by atoms with Gasteiger partial charge in [-0.05, 0) is 47.0 Å². The molecule has 1 saturated heterocycles. The van der Waals surface area contributed by atoms with Crippen LogP contribution in [0.15, 0.2) is 22.7 Å². The van der Waals surface area contributed by atoms with Gasteiger partial charge in [-0.25, -0.2) is 9.69 Å². The van der Waals surface area contributed by atoms with Crippen molar-refractivity contribution in [3.63, 3.8) is 0 Å². The Morgan fingerprint density at radius 3 is 2.48 bits per heavy atom. The summed E-state index contributed by atoms with van der Waals surface area (Å²) in [7, 11) is 0. The van der Waals surface area contributed by atoms with E-state index in [4.69, 9.17) is 11.6 Å². The Hall–Kier alpha value is -1.40. The summed E-state index contributed by atoms with van der Waals surface area (Å²) in [4.78, 5) is 38.0. The van der Waals surface area contributed by atoms with Gasteiger partial charge in [0, 0.05) is 4.47 Å². The van der Waals surface area contributed by atoms with Gasteiger partial charge in [0.1, 0.15) is 5.41 Å². The van der Waals surface area contributed by atoms with Gasteiger partial charge in [0.2, 0.25) is 5.91 Å². The number of rotatable bonds is 1. The summed E-state index contributed by atoms with van der Waals surface area (Å²) >= 11 is 9.20. The van der Waals surface area contributed by atoms with Gasteiger partial charge in [-0.2, -0.15) is 0 Å². The third-order valence-electron chi connectivity index (χ3n) is 4.09. The van der Waals surface area contributed by atoms with E-state index in [-0.39, 0.29) is 0 Å². The summed E-state index contributed by atoms with van der Waals surface area (Å²) in [5, 5.41) is 2.79. The average Bonchev–Trinajstić information content (AvgIpc) is 2.92. The van der Waals surface area contributed by atoms with Gasteiger partial charge < -0.3 is 0 Å². The topological polar surface area (TPSA) is 66.5 Å². The van der Waals surface area contributed by atoms with Crippen LogP contribution in [0.5, 0.6) is 0 Å². The summed E-state index contributed by atoms with van der Waals surface area (Å²) in [5.74, 6) is -0.915. The normalized spacial score (nSPS) is 21.0. The predicted octanol–water partition coefficient (Wildman–Crippen LogP) is 3.25. The van der Waals surface area contributed by atoms with E-state index in [2.05, 4.69) is 21.2 Å². The molecule has 1 saturated carbocycles. The molecular formula is C14H12BrClN2O3. The summed E-state index contributed by atoms with van der Waals surface area (Å²) in [6.07, 6.45) is 2.59. The lowest BCUT2D eigenvalue weighted by Gasteiger charge is -2.36. The van der Waals surface area contributed by atoms with E-state index in [1.807, 2.05) is 0 Å². The van der Waals surface area contributed by atoms with Crippen LogP contribution >= 0.6 is 27.5 Å². The number of hydrogen-bond donors (Lipinski definition) is 1. The number of barbiturate groups is 1. The minimum atomic E-state index is -1.10. The van der Waals surface area contributed by atoms with E-state index >= 15 is 0 Å². The number of halogens is 2. The molecule has 1 aromatic rings. The number of urea groups is 1. The molecule has 2 fully saturated rings. The first kappa shape index (κ1) is 14.5.